The number of benzene rings is 1. The molecule has 1 aromatic carbocycles. The predicted octanol–water partition coefficient (Wildman–Crippen LogP) is 2.83. The summed E-state index contributed by atoms with van der Waals surface area (Å²) in [4.78, 5) is 0. The highest BCUT2D eigenvalue weighted by Gasteiger charge is 2.24. The molecule has 0 N–H and O–H groups in total. The van der Waals surface area contributed by atoms with Gasteiger partial charge in [0.25, 0.3) is 0 Å². The Balaban J connectivity index is 2.24. The van der Waals surface area contributed by atoms with Gasteiger partial charge >= 0.3 is 0 Å². The van der Waals surface area contributed by atoms with Gasteiger partial charge in [0, 0.05) is 0 Å². The summed E-state index contributed by atoms with van der Waals surface area (Å²) in [5, 5.41) is 9.17. The van der Waals surface area contributed by atoms with Crippen LogP contribution in [0, 0.1) is 11.3 Å². The highest BCUT2D eigenvalue weighted by molar-refractivity contribution is 6.69. The van der Waals surface area contributed by atoms with Gasteiger partial charge in [-0.1, -0.05) is 6.07 Å². The second kappa shape index (κ2) is 4.39. The van der Waals surface area contributed by atoms with Crippen molar-refractivity contribution in [3.63, 3.8) is 0 Å². The van der Waals surface area contributed by atoms with E-state index in [1.54, 1.807) is 0 Å². The number of rotatable bonds is 3. The molecule has 90 valence electrons. The monoisotopic (exact) mass is 249 g/mol. The molecule has 4 nitrogen and oxygen atoms in total. The van der Waals surface area contributed by atoms with Crippen molar-refractivity contribution in [2.45, 2.75) is 25.7 Å². The van der Waals surface area contributed by atoms with Gasteiger partial charge in [-0.15, -0.1) is 0 Å². The average molecular weight is 249 g/mol. The van der Waals surface area contributed by atoms with Gasteiger partial charge in [-0.3, -0.25) is 0 Å². The van der Waals surface area contributed by atoms with E-state index in [2.05, 4.69) is 25.7 Å². The first-order valence-electron chi connectivity index (χ1n) is 5.46. The number of fused-ring (bicyclic) bond motifs is 1. The highest BCUT2D eigenvalue weighted by Crippen LogP contribution is 2.35. The maximum Gasteiger partial charge on any atom is 0.231 e. The molecule has 0 saturated heterocycles. The lowest BCUT2D eigenvalue weighted by Gasteiger charge is -2.21. The third-order valence-electron chi connectivity index (χ3n) is 2.29. The van der Waals surface area contributed by atoms with Gasteiger partial charge in [-0.25, -0.2) is 0 Å². The highest BCUT2D eigenvalue weighted by atomic mass is 28.4. The molecule has 1 heterocycles. The molecule has 2 rings (SSSR count). The first-order valence-corrected chi connectivity index (χ1v) is 8.87. The Morgan fingerprint density at radius 2 is 2.00 bits per heavy atom. The van der Waals surface area contributed by atoms with Gasteiger partial charge in [-0.05, 0) is 37.3 Å². The van der Waals surface area contributed by atoms with Crippen molar-refractivity contribution in [3.05, 3.63) is 23.8 Å². The molecule has 1 aliphatic heterocycles. The summed E-state index contributed by atoms with van der Waals surface area (Å²) in [6.45, 7) is 6.42. The molecule has 1 aromatic rings. The summed E-state index contributed by atoms with van der Waals surface area (Å²) < 4.78 is 16.3. The molecule has 1 aliphatic rings. The van der Waals surface area contributed by atoms with E-state index >= 15 is 0 Å². The molecule has 5 heteroatoms. The molecule has 0 spiro atoms. The second-order valence-electron chi connectivity index (χ2n) is 4.85. The summed E-state index contributed by atoms with van der Waals surface area (Å²) in [6, 6.07) is 7.66. The summed E-state index contributed by atoms with van der Waals surface area (Å²) in [5.74, 6) is 1.40. The van der Waals surface area contributed by atoms with E-state index in [4.69, 9.17) is 19.2 Å². The maximum absolute atomic E-state index is 9.17. The third kappa shape index (κ3) is 2.78. The van der Waals surface area contributed by atoms with Crippen LogP contribution in [-0.2, 0) is 4.43 Å². The van der Waals surface area contributed by atoms with Gasteiger partial charge in [-0.2, -0.15) is 5.26 Å². The molecule has 0 bridgehead atoms. The minimum absolute atomic E-state index is 0.241. The summed E-state index contributed by atoms with van der Waals surface area (Å²) in [7, 11) is -1.74. The molecule has 0 aliphatic carbocycles. The zero-order chi connectivity index (χ0) is 12.5. The Morgan fingerprint density at radius 1 is 1.29 bits per heavy atom. The molecule has 17 heavy (non-hydrogen) atoms. The third-order valence-corrected chi connectivity index (χ3v) is 3.23. The second-order valence-corrected chi connectivity index (χ2v) is 9.31. The zero-order valence-corrected chi connectivity index (χ0v) is 11.2. The van der Waals surface area contributed by atoms with Crippen molar-refractivity contribution >= 4 is 8.32 Å². The van der Waals surface area contributed by atoms with E-state index in [0.29, 0.717) is 5.75 Å². The van der Waals surface area contributed by atoms with Crippen molar-refractivity contribution in [1.29, 1.82) is 5.26 Å². The zero-order valence-electron chi connectivity index (χ0n) is 10.2. The molecule has 1 atom stereocenters. The average Bonchev–Trinajstić information content (AvgIpc) is 2.71. The number of hydrogen-bond donors (Lipinski definition) is 0. The lowest BCUT2D eigenvalue weighted by molar-refractivity contribution is 0.173. The van der Waals surface area contributed by atoms with Crippen LogP contribution in [0.1, 0.15) is 11.7 Å². The molecule has 0 fully saturated rings. The Labute approximate surface area is 102 Å². The van der Waals surface area contributed by atoms with Gasteiger partial charge in [0.05, 0.1) is 6.07 Å². The molecule has 0 radical (unpaired) electrons. The summed E-state index contributed by atoms with van der Waals surface area (Å²) in [6.07, 6.45) is -0.531. The summed E-state index contributed by atoms with van der Waals surface area (Å²) >= 11 is 0. The first-order chi connectivity index (χ1) is 7.99. The smallest absolute Gasteiger partial charge is 0.231 e. The van der Waals surface area contributed by atoms with Gasteiger partial charge in [0.2, 0.25) is 6.79 Å². The van der Waals surface area contributed by atoms with E-state index in [-0.39, 0.29) is 6.79 Å². The van der Waals surface area contributed by atoms with Crippen molar-refractivity contribution < 1.29 is 13.9 Å². The minimum atomic E-state index is -1.74. The number of nitrogens with zero attached hydrogens (tertiary/aromatic N) is 1. The van der Waals surface area contributed by atoms with Gasteiger partial charge in [0.1, 0.15) is 0 Å². The van der Waals surface area contributed by atoms with Crippen LogP contribution in [0.4, 0.5) is 0 Å². The number of nitriles is 1. The lowest BCUT2D eigenvalue weighted by Crippen LogP contribution is -2.27. The van der Waals surface area contributed by atoms with Crippen LogP contribution in [-0.4, -0.2) is 15.1 Å². The Hall–Kier alpha value is -1.51. The van der Waals surface area contributed by atoms with Crippen molar-refractivity contribution in [3.8, 4) is 17.6 Å². The van der Waals surface area contributed by atoms with Crippen LogP contribution in [0.5, 0.6) is 11.5 Å². The van der Waals surface area contributed by atoms with E-state index in [9.17, 15) is 0 Å². The fourth-order valence-corrected chi connectivity index (χ4v) is 2.49. The van der Waals surface area contributed by atoms with E-state index in [1.165, 1.54) is 0 Å². The largest absolute Gasteiger partial charge is 0.454 e. The molecule has 0 aromatic heterocycles. The van der Waals surface area contributed by atoms with Crippen molar-refractivity contribution in [2.75, 3.05) is 6.79 Å². The standard InChI is InChI=1S/C12H15NO3Si/c1-17(2,3)16-12(7-13)9-4-5-10-11(6-9)15-8-14-10/h4-6,12H,8H2,1-3H3/t12-/m1/s1. The Bertz CT molecular complexity index is 462. The van der Waals surface area contributed by atoms with E-state index < -0.39 is 14.4 Å². The minimum Gasteiger partial charge on any atom is -0.454 e. The molecular formula is C12H15NO3Si. The van der Waals surface area contributed by atoms with Crippen molar-refractivity contribution in [1.82, 2.24) is 0 Å². The van der Waals surface area contributed by atoms with E-state index in [1.807, 2.05) is 18.2 Å². The fourth-order valence-electron chi connectivity index (χ4n) is 1.60. The maximum atomic E-state index is 9.17. The van der Waals surface area contributed by atoms with Crippen LogP contribution in [0.3, 0.4) is 0 Å². The lowest BCUT2D eigenvalue weighted by atomic mass is 10.1. The van der Waals surface area contributed by atoms with Crippen LogP contribution in [0.25, 0.3) is 0 Å². The summed E-state index contributed by atoms with van der Waals surface area (Å²) in [5.41, 5.74) is 0.819. The SMILES string of the molecule is C[Si](C)(C)O[C@H](C#N)c1ccc2c(c1)OCO2. The Kier molecular flexibility index (Phi) is 3.09. The number of ether oxygens (including phenoxy) is 2. The van der Waals surface area contributed by atoms with Crippen LogP contribution in [0.2, 0.25) is 19.6 Å². The normalized spacial score (nSPS) is 15.4. The fraction of sp³-hybridized carbons (Fsp3) is 0.417. The van der Waals surface area contributed by atoms with E-state index in [0.717, 1.165) is 11.3 Å². The van der Waals surface area contributed by atoms with Crippen LogP contribution < -0.4 is 9.47 Å². The molecule has 0 unspecified atom stereocenters. The van der Waals surface area contributed by atoms with Gasteiger partial charge in [0.15, 0.2) is 25.9 Å². The van der Waals surface area contributed by atoms with Crippen molar-refractivity contribution in [2.24, 2.45) is 0 Å². The quantitative estimate of drug-likeness (QED) is 0.773. The van der Waals surface area contributed by atoms with Crippen LogP contribution >= 0.6 is 0 Å². The topological polar surface area (TPSA) is 51.5 Å². The first kappa shape index (κ1) is 12.0. The molecule has 0 saturated carbocycles. The molecular weight excluding hydrogens is 234 g/mol. The molecule has 0 amide bonds. The predicted molar refractivity (Wildman–Crippen MR) is 65.4 cm³/mol. The Morgan fingerprint density at radius 3 is 2.65 bits per heavy atom. The van der Waals surface area contributed by atoms with Crippen LogP contribution in [0.15, 0.2) is 18.2 Å². The number of hydrogen-bond acceptors (Lipinski definition) is 4. The van der Waals surface area contributed by atoms with Gasteiger partial charge < -0.3 is 13.9 Å².